The standard InChI is InChI=1S/C27H33FN2OS/c1-5-30(6-2)15-7-14-29-27(31)18-25-19(3)24(23-13-10-21(28)17-26(23)25)16-20-8-11-22(32-4)12-9-20/h8-13,16-17H,5-7,14-15,18H2,1-4H3,(H,29,31)/b24-16-. The number of fused-ring (bicyclic) bond motifs is 1. The minimum atomic E-state index is -0.278. The van der Waals surface area contributed by atoms with Gasteiger partial charge in [0.15, 0.2) is 0 Å². The number of thioether (sulfide) groups is 1. The molecular formula is C27H33FN2OS. The lowest BCUT2D eigenvalue weighted by molar-refractivity contribution is -0.120. The van der Waals surface area contributed by atoms with Crippen LogP contribution in [0.5, 0.6) is 0 Å². The average Bonchev–Trinajstić information content (AvgIpc) is 3.04. The van der Waals surface area contributed by atoms with Crippen LogP contribution < -0.4 is 5.32 Å². The highest BCUT2D eigenvalue weighted by molar-refractivity contribution is 7.98. The number of nitrogens with one attached hydrogen (secondary N) is 1. The van der Waals surface area contributed by atoms with Crippen LogP contribution in [0.4, 0.5) is 4.39 Å². The zero-order valence-corrected chi connectivity index (χ0v) is 20.3. The summed E-state index contributed by atoms with van der Waals surface area (Å²) in [7, 11) is 0. The van der Waals surface area contributed by atoms with E-state index < -0.39 is 0 Å². The van der Waals surface area contributed by atoms with E-state index in [-0.39, 0.29) is 18.1 Å². The SMILES string of the molecule is CCN(CC)CCCNC(=O)CC1=C(C)/C(=C/c2ccc(SC)cc2)c2ccc(F)cc21. The predicted octanol–water partition coefficient (Wildman–Crippen LogP) is 6.11. The van der Waals surface area contributed by atoms with Crippen LogP contribution in [0.1, 0.15) is 50.3 Å². The van der Waals surface area contributed by atoms with Crippen LogP contribution in [0.25, 0.3) is 17.2 Å². The number of hydrogen-bond acceptors (Lipinski definition) is 3. The molecule has 2 aromatic carbocycles. The van der Waals surface area contributed by atoms with Gasteiger partial charge in [-0.25, -0.2) is 4.39 Å². The van der Waals surface area contributed by atoms with Crippen LogP contribution >= 0.6 is 11.8 Å². The summed E-state index contributed by atoms with van der Waals surface area (Å²) in [5, 5.41) is 3.04. The molecule has 0 fully saturated rings. The topological polar surface area (TPSA) is 32.3 Å². The van der Waals surface area contributed by atoms with E-state index in [0.29, 0.717) is 6.54 Å². The molecule has 2 aromatic rings. The summed E-state index contributed by atoms with van der Waals surface area (Å²) >= 11 is 1.71. The van der Waals surface area contributed by atoms with Gasteiger partial charge in [0.1, 0.15) is 5.82 Å². The fourth-order valence-corrected chi connectivity index (χ4v) is 4.55. The van der Waals surface area contributed by atoms with E-state index in [1.165, 1.54) is 11.0 Å². The van der Waals surface area contributed by atoms with Gasteiger partial charge in [-0.3, -0.25) is 4.79 Å². The van der Waals surface area contributed by atoms with Crippen molar-refractivity contribution in [2.24, 2.45) is 0 Å². The first-order valence-corrected chi connectivity index (χ1v) is 12.5. The van der Waals surface area contributed by atoms with Crippen molar-refractivity contribution in [2.45, 2.75) is 38.5 Å². The summed E-state index contributed by atoms with van der Waals surface area (Å²) in [5.41, 5.74) is 5.91. The molecular weight excluding hydrogens is 419 g/mol. The lowest BCUT2D eigenvalue weighted by atomic mass is 10.0. The number of rotatable bonds is 10. The maximum absolute atomic E-state index is 14.1. The van der Waals surface area contributed by atoms with Crippen molar-refractivity contribution in [3.05, 3.63) is 70.5 Å². The number of benzene rings is 2. The smallest absolute Gasteiger partial charge is 0.224 e. The minimum Gasteiger partial charge on any atom is -0.356 e. The molecule has 5 heteroatoms. The third-order valence-corrected chi connectivity index (χ3v) is 6.83. The third kappa shape index (κ3) is 5.90. The highest BCUT2D eigenvalue weighted by Crippen LogP contribution is 2.43. The summed E-state index contributed by atoms with van der Waals surface area (Å²) in [6.07, 6.45) is 5.37. The van der Waals surface area contributed by atoms with E-state index in [1.54, 1.807) is 17.8 Å². The van der Waals surface area contributed by atoms with Crippen molar-refractivity contribution in [1.82, 2.24) is 10.2 Å². The molecule has 0 saturated carbocycles. The van der Waals surface area contributed by atoms with Gasteiger partial charge < -0.3 is 10.2 Å². The van der Waals surface area contributed by atoms with Crippen LogP contribution in [0.2, 0.25) is 0 Å². The van der Waals surface area contributed by atoms with Crippen LogP contribution in [-0.4, -0.2) is 43.2 Å². The van der Waals surface area contributed by atoms with Gasteiger partial charge in [-0.2, -0.15) is 0 Å². The fourth-order valence-electron chi connectivity index (χ4n) is 4.14. The largest absolute Gasteiger partial charge is 0.356 e. The lowest BCUT2D eigenvalue weighted by Crippen LogP contribution is -2.29. The first-order valence-electron chi connectivity index (χ1n) is 11.3. The van der Waals surface area contributed by atoms with Gasteiger partial charge in [-0.05, 0) is 103 Å². The molecule has 0 atom stereocenters. The zero-order valence-electron chi connectivity index (χ0n) is 19.5. The molecule has 0 aliphatic heterocycles. The molecule has 32 heavy (non-hydrogen) atoms. The van der Waals surface area contributed by atoms with E-state index in [4.69, 9.17) is 0 Å². The second kappa shape index (κ2) is 11.5. The molecule has 0 aromatic heterocycles. The van der Waals surface area contributed by atoms with Crippen molar-refractivity contribution >= 4 is 34.9 Å². The molecule has 1 amide bonds. The number of halogens is 1. The van der Waals surface area contributed by atoms with Gasteiger partial charge in [0.05, 0.1) is 6.42 Å². The van der Waals surface area contributed by atoms with Gasteiger partial charge in [-0.1, -0.05) is 32.0 Å². The summed E-state index contributed by atoms with van der Waals surface area (Å²) < 4.78 is 14.1. The van der Waals surface area contributed by atoms with Crippen LogP contribution in [0, 0.1) is 5.82 Å². The Kier molecular flexibility index (Phi) is 8.71. The maximum atomic E-state index is 14.1. The number of carbonyl (C=O) groups excluding carboxylic acids is 1. The second-order valence-electron chi connectivity index (χ2n) is 8.03. The van der Waals surface area contributed by atoms with Crippen molar-refractivity contribution < 1.29 is 9.18 Å². The highest BCUT2D eigenvalue weighted by atomic mass is 32.2. The number of nitrogens with zero attached hydrogens (tertiary/aromatic N) is 1. The molecule has 0 heterocycles. The van der Waals surface area contributed by atoms with Gasteiger partial charge in [0.25, 0.3) is 0 Å². The molecule has 170 valence electrons. The van der Waals surface area contributed by atoms with Gasteiger partial charge in [-0.15, -0.1) is 11.8 Å². The maximum Gasteiger partial charge on any atom is 0.224 e. The summed E-state index contributed by atoms with van der Waals surface area (Å²) in [4.78, 5) is 16.2. The molecule has 0 radical (unpaired) electrons. The molecule has 1 aliphatic rings. The Balaban J connectivity index is 1.77. The molecule has 0 unspecified atom stereocenters. The Bertz CT molecular complexity index is 1010. The van der Waals surface area contributed by atoms with Crippen molar-refractivity contribution in [1.29, 1.82) is 0 Å². The minimum absolute atomic E-state index is 0.0142. The Hall–Kier alpha value is -2.37. The Labute approximate surface area is 195 Å². The Morgan fingerprint density at radius 2 is 1.81 bits per heavy atom. The fraction of sp³-hybridized carbons (Fsp3) is 0.370. The molecule has 3 nitrogen and oxygen atoms in total. The number of carbonyl (C=O) groups is 1. The number of amides is 1. The number of allylic oxidation sites excluding steroid dienone is 2. The molecule has 1 aliphatic carbocycles. The van der Waals surface area contributed by atoms with Crippen LogP contribution in [0.15, 0.2) is 52.9 Å². The summed E-state index contributed by atoms with van der Waals surface area (Å²) in [6.45, 7) is 10.0. The Morgan fingerprint density at radius 3 is 2.47 bits per heavy atom. The Morgan fingerprint density at radius 1 is 1.09 bits per heavy atom. The van der Waals surface area contributed by atoms with Crippen molar-refractivity contribution in [2.75, 3.05) is 32.4 Å². The normalized spacial score (nSPS) is 14.4. The van der Waals surface area contributed by atoms with Gasteiger partial charge in [0, 0.05) is 11.4 Å². The summed E-state index contributed by atoms with van der Waals surface area (Å²) in [5.74, 6) is -0.293. The van der Waals surface area contributed by atoms with E-state index >= 15 is 0 Å². The van der Waals surface area contributed by atoms with Crippen molar-refractivity contribution in [3.63, 3.8) is 0 Å². The van der Waals surface area contributed by atoms with Crippen molar-refractivity contribution in [3.8, 4) is 0 Å². The first-order chi connectivity index (χ1) is 15.5. The highest BCUT2D eigenvalue weighted by Gasteiger charge is 2.25. The van der Waals surface area contributed by atoms with Crippen LogP contribution in [0.3, 0.4) is 0 Å². The molecule has 3 rings (SSSR count). The third-order valence-electron chi connectivity index (χ3n) is 6.09. The van der Waals surface area contributed by atoms with Gasteiger partial charge >= 0.3 is 0 Å². The second-order valence-corrected chi connectivity index (χ2v) is 8.91. The summed E-state index contributed by atoms with van der Waals surface area (Å²) in [6, 6.07) is 13.3. The van der Waals surface area contributed by atoms with E-state index in [9.17, 15) is 9.18 Å². The number of hydrogen-bond donors (Lipinski definition) is 1. The average molecular weight is 453 g/mol. The first kappa shape index (κ1) is 24.3. The van der Waals surface area contributed by atoms with E-state index in [1.807, 2.05) is 13.0 Å². The van der Waals surface area contributed by atoms with Gasteiger partial charge in [0.2, 0.25) is 5.91 Å². The molecule has 0 spiro atoms. The van der Waals surface area contributed by atoms with Crippen LogP contribution in [-0.2, 0) is 4.79 Å². The predicted molar refractivity (Wildman–Crippen MR) is 135 cm³/mol. The molecule has 1 N–H and O–H groups in total. The quantitative estimate of drug-likeness (QED) is 0.348. The monoisotopic (exact) mass is 452 g/mol. The molecule has 0 bridgehead atoms. The van der Waals surface area contributed by atoms with E-state index in [0.717, 1.165) is 59.5 Å². The zero-order chi connectivity index (χ0) is 23.1. The molecule has 0 saturated heterocycles. The lowest BCUT2D eigenvalue weighted by Gasteiger charge is -2.17. The van der Waals surface area contributed by atoms with E-state index in [2.05, 4.69) is 60.7 Å².